The van der Waals surface area contributed by atoms with E-state index in [1.165, 1.54) is 0 Å². The van der Waals surface area contributed by atoms with Crippen LogP contribution in [0.1, 0.15) is 63.5 Å². The van der Waals surface area contributed by atoms with Gasteiger partial charge in [0, 0.05) is 21.5 Å². The van der Waals surface area contributed by atoms with Crippen molar-refractivity contribution in [2.75, 3.05) is 0 Å². The maximum atomic E-state index is 12.7. The van der Waals surface area contributed by atoms with Gasteiger partial charge in [-0.1, -0.05) is 51.0 Å². The molecule has 6 nitrogen and oxygen atoms in total. The summed E-state index contributed by atoms with van der Waals surface area (Å²) in [5.74, 6) is 0.756. The van der Waals surface area contributed by atoms with Crippen molar-refractivity contribution in [3.8, 4) is 11.5 Å². The van der Waals surface area contributed by atoms with Crippen LogP contribution in [0, 0.1) is 13.8 Å². The molecule has 3 rings (SSSR count). The molecule has 0 aliphatic carbocycles. The molecule has 0 radical (unpaired) electrons. The maximum absolute atomic E-state index is 12.7. The number of benzene rings is 3. The Kier molecular flexibility index (Phi) is 10.9. The van der Waals surface area contributed by atoms with Crippen LogP contribution in [0.15, 0.2) is 36.4 Å². The average Bonchev–Trinajstić information content (AvgIpc) is 2.84. The smallest absolute Gasteiger partial charge is 0.420 e. The summed E-state index contributed by atoms with van der Waals surface area (Å²) < 4.78 is 22.1. The largest absolute Gasteiger partial charge is 0.514 e. The lowest BCUT2D eigenvalue weighted by Gasteiger charge is -2.19. The molecule has 3 aromatic carbocycles. The molecule has 2 atom stereocenters. The van der Waals surface area contributed by atoms with Gasteiger partial charge in [-0.15, -0.1) is 0 Å². The summed E-state index contributed by atoms with van der Waals surface area (Å²) in [6, 6.07) is 11.3. The molecular weight excluding hydrogens is 686 g/mol. The highest BCUT2D eigenvalue weighted by atomic mass is 127. The minimum atomic E-state index is -0.757. The number of unbranched alkanes of at least 4 members (excludes halogenated alkanes) is 2. The zero-order valence-electron chi connectivity index (χ0n) is 21.1. The lowest BCUT2D eigenvalue weighted by molar-refractivity contribution is 0.0906. The van der Waals surface area contributed by atoms with Gasteiger partial charge >= 0.3 is 12.3 Å². The summed E-state index contributed by atoms with van der Waals surface area (Å²) in [6.07, 6.45) is 3.97. The third-order valence-electron chi connectivity index (χ3n) is 5.93. The van der Waals surface area contributed by atoms with E-state index in [1.807, 2.05) is 50.2 Å². The number of rotatable bonds is 10. The van der Waals surface area contributed by atoms with Gasteiger partial charge in [-0.3, -0.25) is 0 Å². The third-order valence-corrected chi connectivity index (χ3v) is 7.68. The first kappa shape index (κ1) is 28.7. The van der Waals surface area contributed by atoms with Crippen LogP contribution < -0.4 is 9.47 Å². The second-order valence-electron chi connectivity index (χ2n) is 8.73. The molecule has 0 saturated heterocycles. The van der Waals surface area contributed by atoms with E-state index < -0.39 is 12.3 Å². The lowest BCUT2D eigenvalue weighted by atomic mass is 9.96. The van der Waals surface area contributed by atoms with E-state index in [-0.39, 0.29) is 8.22 Å². The maximum Gasteiger partial charge on any atom is 0.514 e. The first-order valence-electron chi connectivity index (χ1n) is 12.3. The number of ether oxygens (including phenoxy) is 4. The Balaban J connectivity index is 2.05. The summed E-state index contributed by atoms with van der Waals surface area (Å²) in [5, 5.41) is 2.60. The van der Waals surface area contributed by atoms with E-state index in [1.54, 1.807) is 0 Å². The van der Waals surface area contributed by atoms with Gasteiger partial charge < -0.3 is 18.9 Å². The van der Waals surface area contributed by atoms with Gasteiger partial charge in [0.2, 0.25) is 0 Å². The molecule has 0 aliphatic heterocycles. The predicted octanol–water partition coefficient (Wildman–Crippen LogP) is 9.54. The number of alkyl halides is 2. The molecular formula is C28H32I2O6. The Morgan fingerprint density at radius 1 is 0.722 bits per heavy atom. The van der Waals surface area contributed by atoms with Crippen molar-refractivity contribution in [2.24, 2.45) is 0 Å². The molecule has 0 bridgehead atoms. The summed E-state index contributed by atoms with van der Waals surface area (Å²) in [6.45, 7) is 8.16. The van der Waals surface area contributed by atoms with Gasteiger partial charge in [0.25, 0.3) is 0 Å². The highest BCUT2D eigenvalue weighted by Crippen LogP contribution is 2.44. The lowest BCUT2D eigenvalue weighted by Crippen LogP contribution is -2.17. The Morgan fingerprint density at radius 3 is 1.47 bits per heavy atom. The highest BCUT2D eigenvalue weighted by molar-refractivity contribution is 14.1. The van der Waals surface area contributed by atoms with Gasteiger partial charge in [0.15, 0.2) is 8.22 Å². The van der Waals surface area contributed by atoms with E-state index in [0.717, 1.165) is 49.7 Å². The van der Waals surface area contributed by atoms with E-state index in [0.29, 0.717) is 33.0 Å². The van der Waals surface area contributed by atoms with E-state index >= 15 is 0 Å². The molecule has 0 spiro atoms. The SMILES string of the molecule is CCCCC(I)OC(=O)Oc1c2ccccc2c(OC(=O)OC(I)CCCC)c2cc(C)c(C)cc12. The molecule has 194 valence electrons. The number of aryl methyl sites for hydroxylation is 2. The molecule has 3 aromatic rings. The first-order valence-corrected chi connectivity index (χ1v) is 14.7. The summed E-state index contributed by atoms with van der Waals surface area (Å²) >= 11 is 4.22. The molecule has 36 heavy (non-hydrogen) atoms. The zero-order chi connectivity index (χ0) is 26.2. The van der Waals surface area contributed by atoms with Crippen molar-refractivity contribution < 1.29 is 28.5 Å². The van der Waals surface area contributed by atoms with Crippen LogP contribution >= 0.6 is 45.2 Å². The normalized spacial score (nSPS) is 12.8. The van der Waals surface area contributed by atoms with E-state index in [2.05, 4.69) is 59.0 Å². The fourth-order valence-corrected chi connectivity index (χ4v) is 5.15. The first-order chi connectivity index (χ1) is 17.2. The molecule has 8 heteroatoms. The molecule has 0 N–H and O–H groups in total. The van der Waals surface area contributed by atoms with Crippen molar-refractivity contribution in [3.05, 3.63) is 47.5 Å². The van der Waals surface area contributed by atoms with Crippen molar-refractivity contribution >= 4 is 79.0 Å². The fraction of sp³-hybridized carbons (Fsp3) is 0.429. The molecule has 0 amide bonds. The molecule has 0 aromatic heterocycles. The predicted molar refractivity (Wildman–Crippen MR) is 160 cm³/mol. The van der Waals surface area contributed by atoms with Crippen LogP contribution in [0.4, 0.5) is 9.59 Å². The van der Waals surface area contributed by atoms with Gasteiger partial charge in [-0.2, -0.15) is 0 Å². The molecule has 2 unspecified atom stereocenters. The molecule has 0 heterocycles. The van der Waals surface area contributed by atoms with Gasteiger partial charge in [0.1, 0.15) is 11.5 Å². The van der Waals surface area contributed by atoms with E-state index in [4.69, 9.17) is 18.9 Å². The summed E-state index contributed by atoms with van der Waals surface area (Å²) in [4.78, 5) is 25.5. The Morgan fingerprint density at radius 2 is 1.11 bits per heavy atom. The van der Waals surface area contributed by atoms with Crippen molar-refractivity contribution in [3.63, 3.8) is 0 Å². The number of fused-ring (bicyclic) bond motifs is 2. The van der Waals surface area contributed by atoms with Gasteiger partial charge in [-0.25, -0.2) is 9.59 Å². The number of hydrogen-bond donors (Lipinski definition) is 0. The second kappa shape index (κ2) is 13.6. The topological polar surface area (TPSA) is 71.1 Å². The molecule has 0 aliphatic rings. The van der Waals surface area contributed by atoms with E-state index in [9.17, 15) is 9.59 Å². The van der Waals surface area contributed by atoms with Crippen molar-refractivity contribution in [2.45, 2.75) is 74.4 Å². The minimum absolute atomic E-state index is 0.275. The Labute approximate surface area is 239 Å². The monoisotopic (exact) mass is 718 g/mol. The van der Waals surface area contributed by atoms with Crippen LogP contribution in [0.5, 0.6) is 11.5 Å². The number of hydrogen-bond acceptors (Lipinski definition) is 6. The minimum Gasteiger partial charge on any atom is -0.420 e. The highest BCUT2D eigenvalue weighted by Gasteiger charge is 2.23. The van der Waals surface area contributed by atoms with Crippen LogP contribution in [-0.2, 0) is 9.47 Å². The van der Waals surface area contributed by atoms with Crippen LogP contribution in [0.3, 0.4) is 0 Å². The third kappa shape index (κ3) is 7.36. The summed E-state index contributed by atoms with van der Waals surface area (Å²) in [5.41, 5.74) is 2.04. The number of carbonyl (C=O) groups excluding carboxylic acids is 2. The summed E-state index contributed by atoms with van der Waals surface area (Å²) in [7, 11) is 0. The number of carbonyl (C=O) groups is 2. The van der Waals surface area contributed by atoms with Crippen molar-refractivity contribution in [1.82, 2.24) is 0 Å². The Hall–Kier alpha value is -1.82. The molecule has 0 saturated carbocycles. The standard InChI is InChI=1S/C28H32I2O6/c1-5-7-13-23(29)33-27(31)35-25-19-11-9-10-12-20(19)26(22-16-18(4)17(3)15-21(22)25)36-28(32)34-24(30)14-8-6-2/h9-12,15-16,23-24H,5-8,13-14H2,1-4H3. The van der Waals surface area contributed by atoms with Gasteiger partial charge in [0.05, 0.1) is 0 Å². The second-order valence-corrected chi connectivity index (χ2v) is 11.5. The van der Waals surface area contributed by atoms with Crippen LogP contribution in [-0.4, -0.2) is 20.5 Å². The number of halogens is 2. The zero-order valence-corrected chi connectivity index (χ0v) is 25.4. The quantitative estimate of drug-likeness (QED) is 0.0684. The van der Waals surface area contributed by atoms with Crippen LogP contribution in [0.25, 0.3) is 21.5 Å². The Bertz CT molecular complexity index is 1130. The van der Waals surface area contributed by atoms with Gasteiger partial charge in [-0.05, 0) is 108 Å². The van der Waals surface area contributed by atoms with Crippen molar-refractivity contribution in [1.29, 1.82) is 0 Å². The average molecular weight is 718 g/mol. The molecule has 0 fully saturated rings. The fourth-order valence-electron chi connectivity index (χ4n) is 3.85. The van der Waals surface area contributed by atoms with Crippen LogP contribution in [0.2, 0.25) is 0 Å².